The molecule has 178 valence electrons. The smallest absolute Gasteiger partial charge is 0.337 e. The number of rotatable bonds is 5. The van der Waals surface area contributed by atoms with Crippen LogP contribution in [0.1, 0.15) is 27.3 Å². The highest BCUT2D eigenvalue weighted by Gasteiger charge is 2.34. The number of ether oxygens (including phenoxy) is 2. The van der Waals surface area contributed by atoms with Crippen molar-refractivity contribution in [2.75, 3.05) is 19.1 Å². The molecule has 35 heavy (non-hydrogen) atoms. The van der Waals surface area contributed by atoms with Gasteiger partial charge in [0.15, 0.2) is 5.11 Å². The summed E-state index contributed by atoms with van der Waals surface area (Å²) in [7, 11) is 2.89. The molecule has 1 aliphatic heterocycles. The van der Waals surface area contributed by atoms with Gasteiger partial charge in [0.05, 0.1) is 25.5 Å². The lowest BCUT2D eigenvalue weighted by molar-refractivity contribution is -0.122. The number of benzene rings is 2. The van der Waals surface area contributed by atoms with Crippen LogP contribution in [-0.4, -0.2) is 41.7 Å². The Bertz CT molecular complexity index is 1370. The van der Waals surface area contributed by atoms with Crippen LogP contribution in [0.2, 0.25) is 0 Å². The highest BCUT2D eigenvalue weighted by atomic mass is 32.1. The zero-order valence-electron chi connectivity index (χ0n) is 19.6. The predicted octanol–water partition coefficient (Wildman–Crippen LogP) is 3.72. The molecule has 0 radical (unpaired) electrons. The molecule has 9 heteroatoms. The quantitative estimate of drug-likeness (QED) is 0.254. The van der Waals surface area contributed by atoms with Gasteiger partial charge in [-0.2, -0.15) is 0 Å². The SMILES string of the molecule is COC(=O)c1ccc(-n2c(C)cc(/C=C3\C(=O)NC(=S)N(c4ccc(OC)cc4)C3=O)c2C)cc1. The number of anilines is 1. The first-order chi connectivity index (χ1) is 16.7. The number of aryl methyl sites for hydroxylation is 1. The minimum atomic E-state index is -0.558. The summed E-state index contributed by atoms with van der Waals surface area (Å²) in [5.41, 5.74) is 4.19. The van der Waals surface area contributed by atoms with Crippen molar-refractivity contribution in [3.05, 3.63) is 82.7 Å². The second kappa shape index (κ2) is 9.55. The molecule has 2 aromatic carbocycles. The molecule has 0 saturated carbocycles. The number of carbonyl (C=O) groups excluding carboxylic acids is 3. The number of nitrogens with one attached hydrogen (secondary N) is 1. The highest BCUT2D eigenvalue weighted by molar-refractivity contribution is 7.80. The average molecular weight is 490 g/mol. The summed E-state index contributed by atoms with van der Waals surface area (Å²) in [5, 5.41) is 2.61. The van der Waals surface area contributed by atoms with Crippen molar-refractivity contribution in [3.63, 3.8) is 0 Å². The van der Waals surface area contributed by atoms with E-state index in [0.717, 1.165) is 17.1 Å². The second-order valence-electron chi connectivity index (χ2n) is 7.86. The van der Waals surface area contributed by atoms with E-state index in [4.69, 9.17) is 21.7 Å². The van der Waals surface area contributed by atoms with E-state index in [1.165, 1.54) is 12.0 Å². The summed E-state index contributed by atoms with van der Waals surface area (Å²) in [6, 6.07) is 15.7. The maximum atomic E-state index is 13.3. The number of methoxy groups -OCH3 is 2. The summed E-state index contributed by atoms with van der Waals surface area (Å²) in [6.07, 6.45) is 1.57. The van der Waals surface area contributed by atoms with Gasteiger partial charge in [-0.25, -0.2) is 4.79 Å². The molecule has 1 saturated heterocycles. The lowest BCUT2D eigenvalue weighted by Crippen LogP contribution is -2.54. The van der Waals surface area contributed by atoms with Crippen molar-refractivity contribution < 1.29 is 23.9 Å². The van der Waals surface area contributed by atoms with Crippen molar-refractivity contribution in [2.24, 2.45) is 0 Å². The lowest BCUT2D eigenvalue weighted by Gasteiger charge is -2.29. The first-order valence-corrected chi connectivity index (χ1v) is 11.1. The van der Waals surface area contributed by atoms with Crippen LogP contribution in [0.5, 0.6) is 5.75 Å². The number of esters is 1. The van der Waals surface area contributed by atoms with Gasteiger partial charge in [0.1, 0.15) is 11.3 Å². The number of hydrogen-bond acceptors (Lipinski definition) is 6. The first-order valence-electron chi connectivity index (χ1n) is 10.7. The third-order valence-electron chi connectivity index (χ3n) is 5.75. The standard InChI is InChI=1S/C26H23N3O5S/c1-15-13-18(16(2)28(15)19-7-5-17(6-8-19)25(32)34-4)14-22-23(30)27-26(35)29(24(22)31)20-9-11-21(33-3)12-10-20/h5-14H,1-4H3,(H,27,30,35)/b22-14+. The monoisotopic (exact) mass is 489 g/mol. The molecular formula is C26H23N3O5S. The third kappa shape index (κ3) is 4.45. The summed E-state index contributed by atoms with van der Waals surface area (Å²) in [5.74, 6) is -0.854. The summed E-state index contributed by atoms with van der Waals surface area (Å²) < 4.78 is 11.9. The third-order valence-corrected chi connectivity index (χ3v) is 6.03. The highest BCUT2D eigenvalue weighted by Crippen LogP contribution is 2.27. The Morgan fingerprint density at radius 2 is 1.60 bits per heavy atom. The van der Waals surface area contributed by atoms with Crippen molar-refractivity contribution in [2.45, 2.75) is 13.8 Å². The molecule has 1 aromatic heterocycles. The van der Waals surface area contributed by atoms with Crippen LogP contribution in [0.25, 0.3) is 11.8 Å². The van der Waals surface area contributed by atoms with E-state index in [1.807, 2.05) is 36.6 Å². The van der Waals surface area contributed by atoms with Crippen LogP contribution in [0, 0.1) is 13.8 Å². The van der Waals surface area contributed by atoms with Crippen molar-refractivity contribution in [1.29, 1.82) is 0 Å². The fourth-order valence-corrected chi connectivity index (χ4v) is 4.26. The van der Waals surface area contributed by atoms with Crippen LogP contribution in [0.3, 0.4) is 0 Å². The number of aromatic nitrogens is 1. The van der Waals surface area contributed by atoms with Gasteiger partial charge in [-0.3, -0.25) is 19.8 Å². The van der Waals surface area contributed by atoms with Gasteiger partial charge in [-0.15, -0.1) is 0 Å². The summed E-state index contributed by atoms with van der Waals surface area (Å²) in [6.45, 7) is 3.81. The summed E-state index contributed by atoms with van der Waals surface area (Å²) in [4.78, 5) is 39.1. The largest absolute Gasteiger partial charge is 0.497 e. The molecule has 1 fully saturated rings. The molecule has 2 amide bonds. The van der Waals surface area contributed by atoms with E-state index in [0.29, 0.717) is 22.6 Å². The minimum Gasteiger partial charge on any atom is -0.497 e. The number of nitrogens with zero attached hydrogens (tertiary/aromatic N) is 2. The Morgan fingerprint density at radius 3 is 2.20 bits per heavy atom. The topological polar surface area (TPSA) is 89.9 Å². The molecule has 8 nitrogen and oxygen atoms in total. The van der Waals surface area contributed by atoms with Crippen molar-refractivity contribution in [3.8, 4) is 11.4 Å². The Morgan fingerprint density at radius 1 is 0.971 bits per heavy atom. The first kappa shape index (κ1) is 23.9. The molecular weight excluding hydrogens is 466 g/mol. The Labute approximate surface area is 207 Å². The fraction of sp³-hybridized carbons (Fsp3) is 0.154. The van der Waals surface area contributed by atoms with Gasteiger partial charge in [0.25, 0.3) is 11.8 Å². The van der Waals surface area contributed by atoms with Crippen LogP contribution in [0.4, 0.5) is 5.69 Å². The molecule has 1 N–H and O–H groups in total. The average Bonchev–Trinajstić information content (AvgIpc) is 3.14. The maximum absolute atomic E-state index is 13.3. The maximum Gasteiger partial charge on any atom is 0.337 e. The van der Waals surface area contributed by atoms with E-state index >= 15 is 0 Å². The zero-order chi connectivity index (χ0) is 25.3. The fourth-order valence-electron chi connectivity index (χ4n) is 3.97. The van der Waals surface area contributed by atoms with Crippen LogP contribution in [-0.2, 0) is 14.3 Å². The minimum absolute atomic E-state index is 0.0125. The second-order valence-corrected chi connectivity index (χ2v) is 8.24. The van der Waals surface area contributed by atoms with E-state index in [9.17, 15) is 14.4 Å². The molecule has 4 rings (SSSR count). The van der Waals surface area contributed by atoms with E-state index in [2.05, 4.69) is 5.32 Å². The molecule has 2 heterocycles. The van der Waals surface area contributed by atoms with Crippen LogP contribution >= 0.6 is 12.2 Å². The van der Waals surface area contributed by atoms with Crippen molar-refractivity contribution >= 4 is 46.9 Å². The Hall–Kier alpha value is -4.24. The van der Waals surface area contributed by atoms with Gasteiger partial charge < -0.3 is 14.0 Å². The van der Waals surface area contributed by atoms with Crippen LogP contribution in [0.15, 0.2) is 60.2 Å². The molecule has 0 atom stereocenters. The van der Waals surface area contributed by atoms with Gasteiger partial charge >= 0.3 is 5.97 Å². The Kier molecular flexibility index (Phi) is 6.52. The van der Waals surface area contributed by atoms with Gasteiger partial charge in [-0.05, 0) is 92.3 Å². The van der Waals surface area contributed by atoms with Crippen LogP contribution < -0.4 is 15.0 Å². The number of amides is 2. The molecule has 0 spiro atoms. The Balaban J connectivity index is 1.70. The predicted molar refractivity (Wildman–Crippen MR) is 136 cm³/mol. The van der Waals surface area contributed by atoms with E-state index < -0.39 is 17.8 Å². The number of hydrogen-bond donors (Lipinski definition) is 1. The van der Waals surface area contributed by atoms with E-state index in [-0.39, 0.29) is 10.7 Å². The molecule has 3 aromatic rings. The lowest BCUT2D eigenvalue weighted by atomic mass is 10.1. The molecule has 0 unspecified atom stereocenters. The number of thiocarbonyl (C=S) groups is 1. The normalized spacial score (nSPS) is 14.8. The molecule has 1 aliphatic rings. The van der Waals surface area contributed by atoms with E-state index in [1.54, 1.807) is 49.6 Å². The van der Waals surface area contributed by atoms with Gasteiger partial charge in [0, 0.05) is 17.1 Å². The van der Waals surface area contributed by atoms with Gasteiger partial charge in [-0.1, -0.05) is 0 Å². The summed E-state index contributed by atoms with van der Waals surface area (Å²) >= 11 is 5.27. The zero-order valence-corrected chi connectivity index (χ0v) is 20.4. The number of carbonyl (C=O) groups is 3. The molecule has 0 bridgehead atoms. The van der Waals surface area contributed by atoms with Gasteiger partial charge in [0.2, 0.25) is 0 Å². The molecule has 0 aliphatic carbocycles. The van der Waals surface area contributed by atoms with Crippen molar-refractivity contribution in [1.82, 2.24) is 9.88 Å².